The minimum absolute atomic E-state index is 0.247. The van der Waals surface area contributed by atoms with Crippen LogP contribution in [0.2, 0.25) is 0 Å². The number of terminal acetylenes is 1. The van der Waals surface area contributed by atoms with Crippen molar-refractivity contribution in [1.82, 2.24) is 15.1 Å². The molecule has 0 bridgehead atoms. The number of esters is 1. The van der Waals surface area contributed by atoms with Crippen molar-refractivity contribution in [2.75, 3.05) is 20.8 Å². The molecule has 0 spiro atoms. The molecule has 6 heteroatoms. The van der Waals surface area contributed by atoms with E-state index in [4.69, 9.17) is 15.9 Å². The number of aryl methyl sites for hydroxylation is 2. The number of nitrogens with one attached hydrogen (secondary N) is 1. The molecule has 0 saturated heterocycles. The maximum Gasteiger partial charge on any atom is 0.327 e. The zero-order chi connectivity index (χ0) is 13.7. The molecule has 0 radical (unpaired) electrons. The SMILES string of the molecule is C#CCNC(C(=O)OC)c1c(C)nn(C)c1OC. The van der Waals surface area contributed by atoms with Gasteiger partial charge in [0.05, 0.1) is 32.0 Å². The normalized spacial score (nSPS) is 11.7. The number of methoxy groups -OCH3 is 2. The van der Waals surface area contributed by atoms with E-state index < -0.39 is 12.0 Å². The number of carbonyl (C=O) groups is 1. The second-order valence-corrected chi connectivity index (χ2v) is 3.67. The van der Waals surface area contributed by atoms with E-state index in [0.717, 1.165) is 0 Å². The second kappa shape index (κ2) is 6.07. The lowest BCUT2D eigenvalue weighted by Crippen LogP contribution is -2.30. The van der Waals surface area contributed by atoms with Gasteiger partial charge in [-0.1, -0.05) is 5.92 Å². The van der Waals surface area contributed by atoms with Crippen molar-refractivity contribution in [1.29, 1.82) is 0 Å². The van der Waals surface area contributed by atoms with Crippen molar-refractivity contribution in [3.63, 3.8) is 0 Å². The Balaban J connectivity index is 3.20. The molecule has 1 atom stereocenters. The molecule has 98 valence electrons. The van der Waals surface area contributed by atoms with Crippen molar-refractivity contribution in [3.05, 3.63) is 11.3 Å². The van der Waals surface area contributed by atoms with Gasteiger partial charge in [-0.2, -0.15) is 5.10 Å². The average molecular weight is 251 g/mol. The van der Waals surface area contributed by atoms with Crippen LogP contribution in [0.5, 0.6) is 5.88 Å². The third-order valence-electron chi connectivity index (χ3n) is 2.54. The molecule has 0 fully saturated rings. The van der Waals surface area contributed by atoms with Crippen LogP contribution in [0.4, 0.5) is 0 Å². The number of ether oxygens (including phenoxy) is 2. The number of rotatable bonds is 5. The first kappa shape index (κ1) is 14.1. The van der Waals surface area contributed by atoms with E-state index in [0.29, 0.717) is 17.1 Å². The molecule has 0 amide bonds. The molecule has 1 N–H and O–H groups in total. The fourth-order valence-electron chi connectivity index (χ4n) is 1.81. The van der Waals surface area contributed by atoms with Gasteiger partial charge in [0, 0.05) is 7.05 Å². The first-order chi connectivity index (χ1) is 8.56. The van der Waals surface area contributed by atoms with Crippen LogP contribution >= 0.6 is 0 Å². The molecule has 0 aromatic carbocycles. The predicted octanol–water partition coefficient (Wildman–Crippen LogP) is 0.174. The Kier molecular flexibility index (Phi) is 4.75. The van der Waals surface area contributed by atoms with E-state index in [9.17, 15) is 4.79 Å². The Bertz CT molecular complexity index is 474. The van der Waals surface area contributed by atoms with Gasteiger partial charge < -0.3 is 9.47 Å². The Morgan fingerprint density at radius 2 is 2.28 bits per heavy atom. The third-order valence-corrected chi connectivity index (χ3v) is 2.54. The quantitative estimate of drug-likeness (QED) is 0.597. The monoisotopic (exact) mass is 251 g/mol. The first-order valence-electron chi connectivity index (χ1n) is 5.39. The number of carbonyl (C=O) groups excluding carboxylic acids is 1. The highest BCUT2D eigenvalue weighted by Gasteiger charge is 2.29. The number of hydrogen-bond acceptors (Lipinski definition) is 5. The first-order valence-corrected chi connectivity index (χ1v) is 5.39. The second-order valence-electron chi connectivity index (χ2n) is 3.67. The molecule has 1 heterocycles. The summed E-state index contributed by atoms with van der Waals surface area (Å²) in [5, 5.41) is 7.14. The molecular weight excluding hydrogens is 234 g/mol. The molecule has 6 nitrogen and oxygen atoms in total. The molecule has 0 aliphatic carbocycles. The van der Waals surface area contributed by atoms with Crippen LogP contribution in [0, 0.1) is 19.3 Å². The van der Waals surface area contributed by atoms with Gasteiger partial charge in [-0.25, -0.2) is 9.48 Å². The standard InChI is InChI=1S/C12H17N3O3/c1-6-7-13-10(12(16)18-5)9-8(2)14-15(3)11(9)17-4/h1,10,13H,7H2,2-5H3. The van der Waals surface area contributed by atoms with Crippen LogP contribution in [0.3, 0.4) is 0 Å². The van der Waals surface area contributed by atoms with Crippen molar-refractivity contribution in [2.24, 2.45) is 7.05 Å². The molecule has 18 heavy (non-hydrogen) atoms. The number of hydrogen-bond donors (Lipinski definition) is 1. The van der Waals surface area contributed by atoms with Gasteiger partial charge in [0.15, 0.2) is 0 Å². The van der Waals surface area contributed by atoms with Crippen LogP contribution in [-0.2, 0) is 16.6 Å². The fourth-order valence-corrected chi connectivity index (χ4v) is 1.81. The topological polar surface area (TPSA) is 65.4 Å². The van der Waals surface area contributed by atoms with Crippen molar-refractivity contribution in [3.8, 4) is 18.2 Å². The number of aromatic nitrogens is 2. The number of nitrogens with zero attached hydrogens (tertiary/aromatic N) is 2. The largest absolute Gasteiger partial charge is 0.481 e. The van der Waals surface area contributed by atoms with Gasteiger partial charge in [0.2, 0.25) is 5.88 Å². The fraction of sp³-hybridized carbons (Fsp3) is 0.500. The highest BCUT2D eigenvalue weighted by Crippen LogP contribution is 2.28. The lowest BCUT2D eigenvalue weighted by atomic mass is 10.1. The third kappa shape index (κ3) is 2.63. The molecule has 1 aromatic heterocycles. The zero-order valence-electron chi connectivity index (χ0n) is 11.0. The molecular formula is C12H17N3O3. The van der Waals surface area contributed by atoms with E-state index >= 15 is 0 Å². The van der Waals surface area contributed by atoms with Gasteiger partial charge >= 0.3 is 5.97 Å². The van der Waals surface area contributed by atoms with Crippen molar-refractivity contribution in [2.45, 2.75) is 13.0 Å². The van der Waals surface area contributed by atoms with Gasteiger partial charge in [-0.3, -0.25) is 5.32 Å². The summed E-state index contributed by atoms with van der Waals surface area (Å²) in [4.78, 5) is 11.8. The summed E-state index contributed by atoms with van der Waals surface area (Å²) >= 11 is 0. The molecule has 0 aliphatic rings. The van der Waals surface area contributed by atoms with Gasteiger partial charge in [-0.15, -0.1) is 6.42 Å². The Labute approximate surface area is 106 Å². The van der Waals surface area contributed by atoms with E-state index in [1.54, 1.807) is 18.7 Å². The maximum absolute atomic E-state index is 11.8. The summed E-state index contributed by atoms with van der Waals surface area (Å²) in [5.74, 6) is 2.50. The summed E-state index contributed by atoms with van der Waals surface area (Å²) in [7, 11) is 4.59. The minimum atomic E-state index is -0.685. The summed E-state index contributed by atoms with van der Waals surface area (Å²) in [6, 6.07) is -0.685. The molecule has 0 saturated carbocycles. The lowest BCUT2D eigenvalue weighted by molar-refractivity contribution is -0.143. The Hall–Kier alpha value is -2.00. The summed E-state index contributed by atoms with van der Waals surface area (Å²) in [5.41, 5.74) is 1.33. The average Bonchev–Trinajstić information content (AvgIpc) is 2.64. The highest BCUT2D eigenvalue weighted by atomic mass is 16.5. The van der Waals surface area contributed by atoms with Crippen LogP contribution in [0.15, 0.2) is 0 Å². The summed E-state index contributed by atoms with van der Waals surface area (Å²) in [6.07, 6.45) is 5.19. The van der Waals surface area contributed by atoms with E-state index in [2.05, 4.69) is 16.3 Å². The molecule has 1 rings (SSSR count). The molecule has 0 aliphatic heterocycles. The molecule has 1 aromatic rings. The lowest BCUT2D eigenvalue weighted by Gasteiger charge is -2.16. The highest BCUT2D eigenvalue weighted by molar-refractivity contribution is 5.78. The van der Waals surface area contributed by atoms with Crippen LogP contribution in [0.25, 0.3) is 0 Å². The van der Waals surface area contributed by atoms with E-state index in [-0.39, 0.29) is 6.54 Å². The van der Waals surface area contributed by atoms with Crippen LogP contribution < -0.4 is 10.1 Å². The maximum atomic E-state index is 11.8. The van der Waals surface area contributed by atoms with Gasteiger partial charge in [0.1, 0.15) is 6.04 Å². The van der Waals surface area contributed by atoms with Crippen molar-refractivity contribution >= 4 is 5.97 Å². The Morgan fingerprint density at radius 3 is 2.78 bits per heavy atom. The minimum Gasteiger partial charge on any atom is -0.481 e. The van der Waals surface area contributed by atoms with E-state index in [1.807, 2.05) is 0 Å². The summed E-state index contributed by atoms with van der Waals surface area (Å²) < 4.78 is 11.6. The van der Waals surface area contributed by atoms with Crippen LogP contribution in [-0.4, -0.2) is 36.5 Å². The van der Waals surface area contributed by atoms with E-state index in [1.165, 1.54) is 14.2 Å². The Morgan fingerprint density at radius 1 is 1.61 bits per heavy atom. The zero-order valence-corrected chi connectivity index (χ0v) is 11.0. The van der Waals surface area contributed by atoms with Crippen LogP contribution in [0.1, 0.15) is 17.3 Å². The smallest absolute Gasteiger partial charge is 0.327 e. The summed E-state index contributed by atoms with van der Waals surface area (Å²) in [6.45, 7) is 2.04. The molecule has 1 unspecified atom stereocenters. The van der Waals surface area contributed by atoms with Crippen molar-refractivity contribution < 1.29 is 14.3 Å². The van der Waals surface area contributed by atoms with Gasteiger partial charge in [0.25, 0.3) is 0 Å². The van der Waals surface area contributed by atoms with Gasteiger partial charge in [-0.05, 0) is 6.92 Å². The predicted molar refractivity (Wildman–Crippen MR) is 66.1 cm³/mol.